The molecule has 0 saturated carbocycles. The fraction of sp³-hybridized carbons (Fsp3) is 0.0556. The number of benzene rings is 4. The zero-order chi connectivity index (χ0) is 25.9. The zero-order valence-corrected chi connectivity index (χ0v) is 26.6. The Morgan fingerprint density at radius 1 is 0.632 bits per heavy atom. The van der Waals surface area contributed by atoms with Crippen molar-refractivity contribution in [2.75, 3.05) is 0 Å². The van der Waals surface area contributed by atoms with Gasteiger partial charge in [0.25, 0.3) is 0 Å². The van der Waals surface area contributed by atoms with E-state index in [9.17, 15) is 0 Å². The molecular weight excluding hydrogens is 642 g/mol. The minimum Gasteiger partial charge on any atom is -0.165 e. The smallest absolute Gasteiger partial charge is 0 e. The second kappa shape index (κ2) is 15.3. The summed E-state index contributed by atoms with van der Waals surface area (Å²) in [5.41, 5.74) is 1.35. The molecule has 6 rings (SSSR count). The molecule has 0 saturated heterocycles. The summed E-state index contributed by atoms with van der Waals surface area (Å²) in [6, 6.07) is 47.8. The summed E-state index contributed by atoms with van der Waals surface area (Å²) in [4.78, 5) is 0. The molecule has 0 unspecified atom stereocenters. The Labute approximate surface area is 247 Å². The van der Waals surface area contributed by atoms with Crippen LogP contribution in [0.2, 0.25) is 0 Å². The Kier molecular flexibility index (Phi) is 11.9. The van der Waals surface area contributed by atoms with Crippen molar-refractivity contribution in [2.24, 2.45) is 0 Å². The molecule has 0 radical (unpaired) electrons. The number of fused-ring (bicyclic) bond motifs is 2. The van der Waals surface area contributed by atoms with E-state index in [2.05, 4.69) is 147 Å². The van der Waals surface area contributed by atoms with Crippen LogP contribution in [0.15, 0.2) is 158 Å². The van der Waals surface area contributed by atoms with Crippen molar-refractivity contribution in [3.05, 3.63) is 164 Å². The van der Waals surface area contributed by atoms with Crippen LogP contribution in [0.5, 0.6) is 0 Å². The van der Waals surface area contributed by atoms with Gasteiger partial charge in [-0.15, -0.1) is 80.9 Å². The van der Waals surface area contributed by atoms with Gasteiger partial charge in [-0.05, 0) is 25.5 Å². The van der Waals surface area contributed by atoms with Crippen molar-refractivity contribution in [3.8, 4) is 0 Å². The van der Waals surface area contributed by atoms with Crippen LogP contribution >= 0.6 is 7.92 Å². The van der Waals surface area contributed by atoms with E-state index in [-0.39, 0.29) is 25.8 Å². The molecule has 0 aliphatic carbocycles. The fourth-order valence-electron chi connectivity index (χ4n) is 4.31. The average Bonchev–Trinajstić information content (AvgIpc) is 3.54. The quantitative estimate of drug-likeness (QED) is 0.0758. The first-order valence-electron chi connectivity index (χ1n) is 12.6. The van der Waals surface area contributed by atoms with E-state index in [1.807, 2.05) is 19.1 Å². The molecule has 0 N–H and O–H groups in total. The summed E-state index contributed by atoms with van der Waals surface area (Å²) < 4.78 is 0. The molecule has 6 aromatic rings. The first kappa shape index (κ1) is 29.4. The largest absolute Gasteiger partial charge is 0.165 e. The molecule has 0 fully saturated rings. The summed E-state index contributed by atoms with van der Waals surface area (Å²) in [6.07, 6.45) is 5.58. The Bertz CT molecular complexity index is 1450. The third kappa shape index (κ3) is 7.94. The predicted octanol–water partition coefficient (Wildman–Crippen LogP) is 8.93. The van der Waals surface area contributed by atoms with Crippen LogP contribution in [0.4, 0.5) is 0 Å². The van der Waals surface area contributed by atoms with Gasteiger partial charge in [-0.3, -0.25) is 0 Å². The van der Waals surface area contributed by atoms with Gasteiger partial charge in [0.2, 0.25) is 0 Å². The molecule has 188 valence electrons. The van der Waals surface area contributed by atoms with Gasteiger partial charge in [-0.25, -0.2) is 0 Å². The van der Waals surface area contributed by atoms with E-state index < -0.39 is 7.92 Å². The Balaban J connectivity index is 0.000000208. The molecule has 0 aromatic heterocycles. The van der Waals surface area contributed by atoms with Gasteiger partial charge in [0.15, 0.2) is 0 Å². The summed E-state index contributed by atoms with van der Waals surface area (Å²) >= 11 is 0. The molecular formula is C36H33HfP-2. The van der Waals surface area contributed by atoms with Crippen LogP contribution in [-0.4, -0.2) is 0 Å². The molecule has 6 aromatic carbocycles. The van der Waals surface area contributed by atoms with Crippen molar-refractivity contribution in [3.63, 3.8) is 0 Å². The Morgan fingerprint density at radius 2 is 1.11 bits per heavy atom. The minimum atomic E-state index is -0.493. The molecule has 0 aliphatic heterocycles. The number of hydrogen-bond acceptors (Lipinski definition) is 0. The van der Waals surface area contributed by atoms with Gasteiger partial charge in [-0.1, -0.05) is 105 Å². The summed E-state index contributed by atoms with van der Waals surface area (Å²) in [6.45, 7) is 7.55. The summed E-state index contributed by atoms with van der Waals surface area (Å²) in [5.74, 6) is 0. The van der Waals surface area contributed by atoms with Gasteiger partial charge in [-0.2, -0.15) is 12.1 Å². The van der Waals surface area contributed by atoms with Crippen molar-refractivity contribution < 1.29 is 25.8 Å². The predicted molar refractivity (Wildman–Crippen MR) is 168 cm³/mol. The number of allylic oxidation sites excluding steroid dienone is 3. The van der Waals surface area contributed by atoms with E-state index in [0.717, 1.165) is 0 Å². The first-order valence-corrected chi connectivity index (χ1v) is 14.0. The van der Waals surface area contributed by atoms with Crippen molar-refractivity contribution >= 4 is 45.4 Å². The third-order valence-electron chi connectivity index (χ3n) is 5.98. The molecule has 0 spiro atoms. The summed E-state index contributed by atoms with van der Waals surface area (Å²) in [7, 11) is -0.493. The van der Waals surface area contributed by atoms with E-state index in [1.54, 1.807) is 6.08 Å². The van der Waals surface area contributed by atoms with E-state index in [4.69, 9.17) is 0 Å². The third-order valence-corrected chi connectivity index (χ3v) is 8.38. The molecule has 0 amide bonds. The normalized spacial score (nSPS) is 10.4. The number of aryl methyl sites for hydroxylation is 1. The first-order chi connectivity index (χ1) is 18.2. The van der Waals surface area contributed by atoms with Gasteiger partial charge >= 0.3 is 0 Å². The maximum absolute atomic E-state index is 3.46. The maximum atomic E-state index is 3.46. The summed E-state index contributed by atoms with van der Waals surface area (Å²) in [5, 5.41) is 9.58. The molecule has 0 heterocycles. The Morgan fingerprint density at radius 3 is 1.55 bits per heavy atom. The average molecular weight is 675 g/mol. The van der Waals surface area contributed by atoms with Crippen molar-refractivity contribution in [2.45, 2.75) is 13.8 Å². The van der Waals surface area contributed by atoms with E-state index >= 15 is 0 Å². The number of hydrogen-bond donors (Lipinski definition) is 0. The van der Waals surface area contributed by atoms with Crippen LogP contribution < -0.4 is 15.9 Å². The molecule has 38 heavy (non-hydrogen) atoms. The zero-order valence-electron chi connectivity index (χ0n) is 22.1. The van der Waals surface area contributed by atoms with Gasteiger partial charge in [0.05, 0.1) is 0 Å². The van der Waals surface area contributed by atoms with E-state index in [1.165, 1.54) is 43.0 Å². The van der Waals surface area contributed by atoms with Crippen molar-refractivity contribution in [1.29, 1.82) is 0 Å². The minimum absolute atomic E-state index is 0. The number of rotatable bonds is 4. The van der Waals surface area contributed by atoms with Crippen LogP contribution in [0.3, 0.4) is 0 Å². The fourth-order valence-corrected chi connectivity index (χ4v) is 6.68. The molecule has 2 heteroatoms. The molecule has 0 nitrogen and oxygen atoms in total. The standard InChI is InChI=1S/C21H16P.C10H9.C5H8.Hf/c1-3-11-19(12-4-1)22(20-13-5-2-6-14-20)21-15-17-9-7-8-10-18(17)16-21;1-8-6-9-4-2-3-5-10(9)7-8;1-3-5-4-2;/h1-16H;2-7H,1H3;3-5H,1H2,2H3;/q2*-1;;. The van der Waals surface area contributed by atoms with Gasteiger partial charge < -0.3 is 0 Å². The van der Waals surface area contributed by atoms with Crippen molar-refractivity contribution in [1.82, 2.24) is 0 Å². The van der Waals surface area contributed by atoms with Crippen LogP contribution in [0.1, 0.15) is 12.5 Å². The maximum Gasteiger partial charge on any atom is 0 e. The SMILES string of the molecule is C=CC=CC.Cc1cc2ccccc2[cH-]1.[Hf].c1ccc(P(c2ccccc2)c2cc3ccccc3[cH-]2)cc1. The van der Waals surface area contributed by atoms with E-state index in [0.29, 0.717) is 0 Å². The monoisotopic (exact) mass is 676 g/mol. The molecule has 0 bridgehead atoms. The van der Waals surface area contributed by atoms with Gasteiger partial charge in [0.1, 0.15) is 0 Å². The topological polar surface area (TPSA) is 0 Å². The van der Waals surface area contributed by atoms with Crippen LogP contribution in [0.25, 0.3) is 21.5 Å². The van der Waals surface area contributed by atoms with Crippen LogP contribution in [-0.2, 0) is 25.8 Å². The molecule has 0 aliphatic rings. The van der Waals surface area contributed by atoms with Crippen LogP contribution in [0, 0.1) is 6.92 Å². The second-order valence-electron chi connectivity index (χ2n) is 8.77. The second-order valence-corrected chi connectivity index (χ2v) is 11.0. The molecule has 0 atom stereocenters. The Hall–Kier alpha value is -3.12. The van der Waals surface area contributed by atoms with Gasteiger partial charge in [0, 0.05) is 25.8 Å².